The van der Waals surface area contributed by atoms with Gasteiger partial charge >= 0.3 is 0 Å². The van der Waals surface area contributed by atoms with Crippen LogP contribution in [-0.2, 0) is 32.0 Å². The van der Waals surface area contributed by atoms with Crippen LogP contribution in [0.2, 0.25) is 0 Å². The van der Waals surface area contributed by atoms with Gasteiger partial charge in [0.05, 0.1) is 17.7 Å². The van der Waals surface area contributed by atoms with Gasteiger partial charge in [-0.15, -0.1) is 0 Å². The van der Waals surface area contributed by atoms with Crippen LogP contribution in [0.15, 0.2) is 66.7 Å². The maximum Gasteiger partial charge on any atom is 0.243 e. The summed E-state index contributed by atoms with van der Waals surface area (Å²) in [5, 5.41) is 20.9. The largest absolute Gasteiger partial charge is 0.353 e. The number of hydrogen-bond acceptors (Lipinski definition) is 5. The molecule has 0 bridgehead atoms. The number of amides is 4. The van der Waals surface area contributed by atoms with Gasteiger partial charge in [0, 0.05) is 25.5 Å². The van der Waals surface area contributed by atoms with Crippen LogP contribution in [0, 0.1) is 11.3 Å². The van der Waals surface area contributed by atoms with Crippen LogP contribution in [0.1, 0.15) is 94.2 Å². The molecule has 0 saturated carbocycles. The molecule has 1 heterocycles. The van der Waals surface area contributed by atoms with Crippen molar-refractivity contribution < 1.29 is 19.2 Å². The molecular formula is C37H49N5O4. The van der Waals surface area contributed by atoms with Gasteiger partial charge in [-0.05, 0) is 55.4 Å². The lowest BCUT2D eigenvalue weighted by Crippen LogP contribution is -2.55. The van der Waals surface area contributed by atoms with Gasteiger partial charge in [-0.25, -0.2) is 0 Å². The standard InChI is InChI=1S/C37H49N5O4/c1-2-3-4-5-6-7-11-17-35(44)41-33(26-28-14-9-8-10-15-28)37(46)42-32-16-12-13-24-39-34(43)23-22-31(40-36(32)45)25-29-18-20-30(27-38)21-19-29/h8-10,14-15,18-23,31-33H,2-7,11-13,16-17,24-26H2,1H3,(H,39,43)(H,40,45)(H,41,44)(H,42,46)/b23-22+/t31-,32+,33+/m1/s1. The van der Waals surface area contributed by atoms with Crippen LogP contribution < -0.4 is 21.3 Å². The molecule has 9 nitrogen and oxygen atoms in total. The number of nitrogens with zero attached hydrogens (tertiary/aromatic N) is 1. The quantitative estimate of drug-likeness (QED) is 0.210. The zero-order chi connectivity index (χ0) is 33.0. The molecule has 4 N–H and O–H groups in total. The Kier molecular flexibility index (Phi) is 16.1. The van der Waals surface area contributed by atoms with Crippen molar-refractivity contribution >= 4 is 23.6 Å². The number of hydrogen-bond donors (Lipinski definition) is 4. The Morgan fingerprint density at radius 3 is 2.37 bits per heavy atom. The zero-order valence-corrected chi connectivity index (χ0v) is 27.1. The molecule has 0 aromatic heterocycles. The molecule has 3 atom stereocenters. The van der Waals surface area contributed by atoms with Crippen molar-refractivity contribution in [1.29, 1.82) is 5.26 Å². The van der Waals surface area contributed by atoms with Crippen LogP contribution in [-0.4, -0.2) is 48.3 Å². The maximum atomic E-state index is 13.7. The molecule has 0 saturated heterocycles. The Hall–Kier alpha value is -4.45. The average Bonchev–Trinajstić information content (AvgIpc) is 3.06. The first-order valence-corrected chi connectivity index (χ1v) is 16.8. The smallest absolute Gasteiger partial charge is 0.243 e. The Bertz CT molecular complexity index is 1320. The predicted octanol–water partition coefficient (Wildman–Crippen LogP) is 4.79. The SMILES string of the molecule is CCCCCCCCCC(=O)N[C@@H](Cc1ccccc1)C(=O)N[C@H]1CCCCNC(=O)/C=C/[C@H](Cc2ccc(C#N)cc2)NC1=O. The van der Waals surface area contributed by atoms with Crippen molar-refractivity contribution in [3.63, 3.8) is 0 Å². The third-order valence-electron chi connectivity index (χ3n) is 8.14. The summed E-state index contributed by atoms with van der Waals surface area (Å²) in [5.41, 5.74) is 2.32. The van der Waals surface area contributed by atoms with Crippen LogP contribution in [0.3, 0.4) is 0 Å². The normalized spacial score (nSPS) is 18.4. The summed E-state index contributed by atoms with van der Waals surface area (Å²) in [6.07, 6.45) is 13.4. The number of benzene rings is 2. The minimum absolute atomic E-state index is 0.170. The summed E-state index contributed by atoms with van der Waals surface area (Å²) in [6, 6.07) is 16.5. The van der Waals surface area contributed by atoms with E-state index in [1.54, 1.807) is 18.2 Å². The second-order valence-corrected chi connectivity index (χ2v) is 12.0. The molecule has 246 valence electrons. The number of nitrogens with one attached hydrogen (secondary N) is 4. The lowest BCUT2D eigenvalue weighted by Gasteiger charge is -2.25. The molecule has 1 aliphatic heterocycles. The van der Waals surface area contributed by atoms with Crippen LogP contribution in [0.4, 0.5) is 0 Å². The van der Waals surface area contributed by atoms with E-state index in [0.29, 0.717) is 50.6 Å². The Morgan fingerprint density at radius 2 is 1.65 bits per heavy atom. The number of unbranched alkanes of at least 4 members (excludes halogenated alkanes) is 6. The second kappa shape index (κ2) is 20.6. The Morgan fingerprint density at radius 1 is 0.935 bits per heavy atom. The maximum absolute atomic E-state index is 13.7. The molecule has 0 radical (unpaired) electrons. The van der Waals surface area contributed by atoms with Gasteiger partial charge in [0.25, 0.3) is 0 Å². The molecule has 0 aliphatic carbocycles. The lowest BCUT2D eigenvalue weighted by atomic mass is 10.0. The molecule has 2 aromatic carbocycles. The average molecular weight is 628 g/mol. The van der Waals surface area contributed by atoms with Gasteiger partial charge < -0.3 is 21.3 Å². The molecule has 0 unspecified atom stereocenters. The van der Waals surface area contributed by atoms with E-state index in [1.165, 1.54) is 31.8 Å². The summed E-state index contributed by atoms with van der Waals surface area (Å²) < 4.78 is 0. The fourth-order valence-electron chi connectivity index (χ4n) is 5.48. The van der Waals surface area contributed by atoms with E-state index in [0.717, 1.165) is 30.4 Å². The molecular weight excluding hydrogens is 578 g/mol. The first kappa shape index (κ1) is 36.0. The molecule has 0 fully saturated rings. The van der Waals surface area contributed by atoms with Gasteiger partial charge in [-0.3, -0.25) is 19.2 Å². The van der Waals surface area contributed by atoms with E-state index in [2.05, 4.69) is 34.3 Å². The number of nitriles is 1. The van der Waals surface area contributed by atoms with Crippen molar-refractivity contribution in [1.82, 2.24) is 21.3 Å². The monoisotopic (exact) mass is 627 g/mol. The first-order valence-electron chi connectivity index (χ1n) is 16.8. The van der Waals surface area contributed by atoms with E-state index in [1.807, 2.05) is 42.5 Å². The van der Waals surface area contributed by atoms with Gasteiger partial charge in [-0.2, -0.15) is 5.26 Å². The number of rotatable bonds is 15. The van der Waals surface area contributed by atoms with Gasteiger partial charge in [0.15, 0.2) is 0 Å². The zero-order valence-electron chi connectivity index (χ0n) is 27.1. The summed E-state index contributed by atoms with van der Waals surface area (Å²) >= 11 is 0. The van der Waals surface area contributed by atoms with Crippen LogP contribution in [0.5, 0.6) is 0 Å². The second-order valence-electron chi connectivity index (χ2n) is 12.0. The van der Waals surface area contributed by atoms with Gasteiger partial charge in [-0.1, -0.05) is 94.0 Å². The van der Waals surface area contributed by atoms with Crippen molar-refractivity contribution in [2.45, 2.75) is 109 Å². The highest BCUT2D eigenvalue weighted by Crippen LogP contribution is 2.12. The summed E-state index contributed by atoms with van der Waals surface area (Å²) in [6.45, 7) is 2.65. The topological polar surface area (TPSA) is 140 Å². The van der Waals surface area contributed by atoms with E-state index in [9.17, 15) is 19.2 Å². The fraction of sp³-hybridized carbons (Fsp3) is 0.486. The summed E-state index contributed by atoms with van der Waals surface area (Å²) in [4.78, 5) is 52.6. The molecule has 3 rings (SSSR count). The third kappa shape index (κ3) is 13.7. The van der Waals surface area contributed by atoms with Crippen LogP contribution in [0.25, 0.3) is 0 Å². The number of carbonyl (C=O) groups excluding carboxylic acids is 4. The van der Waals surface area contributed by atoms with Crippen molar-refractivity contribution in [2.24, 2.45) is 0 Å². The Balaban J connectivity index is 1.69. The van der Waals surface area contributed by atoms with Crippen LogP contribution >= 0.6 is 0 Å². The highest BCUT2D eigenvalue weighted by molar-refractivity contribution is 5.92. The Labute approximate surface area is 273 Å². The molecule has 1 aliphatic rings. The molecule has 46 heavy (non-hydrogen) atoms. The molecule has 0 spiro atoms. The van der Waals surface area contributed by atoms with Crippen molar-refractivity contribution in [3.8, 4) is 6.07 Å². The molecule has 4 amide bonds. The van der Waals surface area contributed by atoms with Gasteiger partial charge in [0.1, 0.15) is 12.1 Å². The van der Waals surface area contributed by atoms with E-state index in [-0.39, 0.29) is 17.7 Å². The minimum atomic E-state index is -0.831. The fourth-order valence-corrected chi connectivity index (χ4v) is 5.48. The highest BCUT2D eigenvalue weighted by Gasteiger charge is 2.28. The van der Waals surface area contributed by atoms with E-state index in [4.69, 9.17) is 5.26 Å². The first-order chi connectivity index (χ1) is 22.4. The van der Waals surface area contributed by atoms with Crippen molar-refractivity contribution in [2.75, 3.05) is 6.54 Å². The molecule has 9 heteroatoms. The minimum Gasteiger partial charge on any atom is -0.353 e. The summed E-state index contributed by atoms with van der Waals surface area (Å²) in [7, 11) is 0. The molecule has 2 aromatic rings. The highest BCUT2D eigenvalue weighted by atomic mass is 16.2. The van der Waals surface area contributed by atoms with Gasteiger partial charge in [0.2, 0.25) is 23.6 Å². The van der Waals surface area contributed by atoms with E-state index >= 15 is 0 Å². The number of carbonyl (C=O) groups is 4. The lowest BCUT2D eigenvalue weighted by molar-refractivity contribution is -0.132. The predicted molar refractivity (Wildman–Crippen MR) is 179 cm³/mol. The van der Waals surface area contributed by atoms with E-state index < -0.39 is 24.0 Å². The third-order valence-corrected chi connectivity index (χ3v) is 8.14. The van der Waals surface area contributed by atoms with Crippen molar-refractivity contribution in [3.05, 3.63) is 83.4 Å². The summed E-state index contributed by atoms with van der Waals surface area (Å²) in [5.74, 6) is -1.17.